The molecule has 0 aliphatic carbocycles. The van der Waals surface area contributed by atoms with Crippen molar-refractivity contribution >= 4 is 10.8 Å². The zero-order valence-corrected chi connectivity index (χ0v) is 19.2. The van der Waals surface area contributed by atoms with Crippen molar-refractivity contribution in [3.63, 3.8) is 0 Å². The van der Waals surface area contributed by atoms with Gasteiger partial charge in [-0.25, -0.2) is 9.67 Å². The first-order valence-corrected chi connectivity index (χ1v) is 11.1. The van der Waals surface area contributed by atoms with Gasteiger partial charge in [0.15, 0.2) is 0 Å². The van der Waals surface area contributed by atoms with Crippen LogP contribution in [0.15, 0.2) is 83.8 Å². The van der Waals surface area contributed by atoms with E-state index in [1.165, 1.54) is 0 Å². The van der Waals surface area contributed by atoms with Crippen molar-refractivity contribution in [3.8, 4) is 34.1 Å². The Morgan fingerprint density at radius 1 is 0.886 bits per heavy atom. The third kappa shape index (κ3) is 4.04. The number of nitrogens with zero attached hydrogens (tertiary/aromatic N) is 7. The van der Waals surface area contributed by atoms with Crippen molar-refractivity contribution in [1.82, 2.24) is 34.7 Å². The lowest BCUT2D eigenvalue weighted by molar-refractivity contribution is 0.413. The summed E-state index contributed by atoms with van der Waals surface area (Å²) in [7, 11) is 1.64. The van der Waals surface area contributed by atoms with Gasteiger partial charge in [0.05, 0.1) is 31.0 Å². The van der Waals surface area contributed by atoms with Crippen LogP contribution in [0.4, 0.5) is 0 Å². The van der Waals surface area contributed by atoms with Crippen LogP contribution in [0.1, 0.15) is 11.6 Å². The molecular formula is C26H21N7O2. The predicted octanol–water partition coefficient (Wildman–Crippen LogP) is 4.70. The molecule has 172 valence electrons. The molecule has 0 unspecified atom stereocenters. The second kappa shape index (κ2) is 8.53. The Labute approximate surface area is 200 Å². The summed E-state index contributed by atoms with van der Waals surface area (Å²) in [6, 6.07) is 20.1. The van der Waals surface area contributed by atoms with Crippen molar-refractivity contribution < 1.29 is 9.15 Å². The summed E-state index contributed by atoms with van der Waals surface area (Å²) in [5, 5.41) is 19.2. The molecule has 6 rings (SSSR count). The van der Waals surface area contributed by atoms with E-state index in [1.807, 2.05) is 72.4 Å². The Morgan fingerprint density at radius 2 is 1.74 bits per heavy atom. The second-order valence-electron chi connectivity index (χ2n) is 8.17. The monoisotopic (exact) mass is 463 g/mol. The predicted molar refractivity (Wildman–Crippen MR) is 130 cm³/mol. The van der Waals surface area contributed by atoms with Gasteiger partial charge in [-0.05, 0) is 42.0 Å². The molecule has 0 aliphatic rings. The molecule has 3 aromatic heterocycles. The van der Waals surface area contributed by atoms with E-state index in [4.69, 9.17) is 9.15 Å². The fraction of sp³-hybridized carbons (Fsp3) is 0.115. The van der Waals surface area contributed by atoms with Crippen molar-refractivity contribution in [2.24, 2.45) is 0 Å². The van der Waals surface area contributed by atoms with Crippen LogP contribution >= 0.6 is 0 Å². The molecule has 9 heteroatoms. The van der Waals surface area contributed by atoms with E-state index < -0.39 is 0 Å². The number of ether oxygens (including phenoxy) is 1. The molecule has 35 heavy (non-hydrogen) atoms. The number of fused-ring (bicyclic) bond motifs is 1. The number of aromatic nitrogens is 7. The van der Waals surface area contributed by atoms with Crippen molar-refractivity contribution in [2.75, 3.05) is 7.11 Å². The molecule has 0 saturated carbocycles. The average molecular weight is 464 g/mol. The molecule has 0 N–H and O–H groups in total. The zero-order chi connectivity index (χ0) is 23.8. The van der Waals surface area contributed by atoms with E-state index in [1.54, 1.807) is 18.1 Å². The normalized spacial score (nSPS) is 11.3. The molecule has 0 radical (unpaired) electrons. The van der Waals surface area contributed by atoms with E-state index >= 15 is 0 Å². The number of rotatable bonds is 6. The van der Waals surface area contributed by atoms with Crippen LogP contribution in [0.5, 0.6) is 5.75 Å². The lowest BCUT2D eigenvalue weighted by Crippen LogP contribution is -2.00. The van der Waals surface area contributed by atoms with Crippen LogP contribution in [0.25, 0.3) is 39.2 Å². The molecule has 0 fully saturated rings. The third-order valence-corrected chi connectivity index (χ3v) is 5.76. The molecule has 0 saturated heterocycles. The van der Waals surface area contributed by atoms with Crippen LogP contribution in [0.3, 0.4) is 0 Å². The molecule has 0 aliphatic heterocycles. The van der Waals surface area contributed by atoms with E-state index in [-0.39, 0.29) is 0 Å². The molecular weight excluding hydrogens is 442 g/mol. The molecule has 0 bridgehead atoms. The maximum Gasteiger partial charge on any atom is 0.247 e. The first-order chi connectivity index (χ1) is 17.2. The van der Waals surface area contributed by atoms with Crippen LogP contribution in [0, 0.1) is 6.92 Å². The number of hydrogen-bond donors (Lipinski definition) is 0. The number of aryl methyl sites for hydroxylation is 1. The highest BCUT2D eigenvalue weighted by molar-refractivity contribution is 5.86. The van der Waals surface area contributed by atoms with Gasteiger partial charge in [-0.2, -0.15) is 0 Å². The van der Waals surface area contributed by atoms with E-state index in [0.717, 1.165) is 33.3 Å². The summed E-state index contributed by atoms with van der Waals surface area (Å²) in [6.07, 6.45) is 5.56. The summed E-state index contributed by atoms with van der Waals surface area (Å²) in [4.78, 5) is 4.29. The Balaban J connectivity index is 1.22. The van der Waals surface area contributed by atoms with Gasteiger partial charge in [-0.15, -0.1) is 15.3 Å². The van der Waals surface area contributed by atoms with Crippen LogP contribution in [-0.2, 0) is 6.54 Å². The summed E-state index contributed by atoms with van der Waals surface area (Å²) < 4.78 is 15.1. The van der Waals surface area contributed by atoms with Gasteiger partial charge in [-0.3, -0.25) is 0 Å². The number of imidazole rings is 1. The first-order valence-electron chi connectivity index (χ1n) is 11.1. The summed E-state index contributed by atoms with van der Waals surface area (Å²) >= 11 is 0. The molecule has 0 spiro atoms. The minimum Gasteiger partial charge on any atom is -0.495 e. The lowest BCUT2D eigenvalue weighted by atomic mass is 10.1. The van der Waals surface area contributed by atoms with Gasteiger partial charge in [-0.1, -0.05) is 41.6 Å². The minimum absolute atomic E-state index is 0.317. The highest BCUT2D eigenvalue weighted by Crippen LogP contribution is 2.29. The maximum atomic E-state index is 5.90. The standard InChI is InChI=1S/C26H21N7O2/c1-17-13-32(16-27-17)23-10-9-20(12-24(23)34-2)22-14-33(31-28-22)15-25-29-30-26(35-25)21-8-7-18-5-3-4-6-19(18)11-21/h3-14,16H,15H2,1-2H3. The topological polar surface area (TPSA) is 96.7 Å². The third-order valence-electron chi connectivity index (χ3n) is 5.76. The highest BCUT2D eigenvalue weighted by Gasteiger charge is 2.13. The SMILES string of the molecule is COc1cc(-c2cn(Cc3nnc(-c4ccc5ccccc5c4)o3)nn2)ccc1-n1cnc(C)c1. The molecule has 3 aromatic carbocycles. The van der Waals surface area contributed by atoms with Gasteiger partial charge >= 0.3 is 0 Å². The van der Waals surface area contributed by atoms with E-state index in [9.17, 15) is 0 Å². The van der Waals surface area contributed by atoms with E-state index in [0.29, 0.717) is 29.8 Å². The second-order valence-corrected chi connectivity index (χ2v) is 8.17. The molecule has 0 amide bonds. The first kappa shape index (κ1) is 20.8. The van der Waals surface area contributed by atoms with Crippen LogP contribution in [-0.4, -0.2) is 41.9 Å². The number of benzene rings is 3. The van der Waals surface area contributed by atoms with Gasteiger partial charge in [0, 0.05) is 17.3 Å². The fourth-order valence-electron chi connectivity index (χ4n) is 4.01. The Hall–Kier alpha value is -4.79. The van der Waals surface area contributed by atoms with Gasteiger partial charge in [0.25, 0.3) is 0 Å². The fourth-order valence-corrected chi connectivity index (χ4v) is 4.01. The minimum atomic E-state index is 0.317. The molecule has 3 heterocycles. The van der Waals surface area contributed by atoms with Crippen LogP contribution in [0.2, 0.25) is 0 Å². The van der Waals surface area contributed by atoms with Crippen molar-refractivity contribution in [2.45, 2.75) is 13.5 Å². The number of hydrogen-bond acceptors (Lipinski definition) is 7. The Bertz CT molecular complexity index is 1650. The zero-order valence-electron chi connectivity index (χ0n) is 19.2. The Kier molecular flexibility index (Phi) is 5.07. The largest absolute Gasteiger partial charge is 0.495 e. The van der Waals surface area contributed by atoms with Crippen LogP contribution < -0.4 is 4.74 Å². The van der Waals surface area contributed by atoms with E-state index in [2.05, 4.69) is 37.6 Å². The van der Waals surface area contributed by atoms with Crippen molar-refractivity contribution in [1.29, 1.82) is 0 Å². The smallest absolute Gasteiger partial charge is 0.247 e. The highest BCUT2D eigenvalue weighted by atomic mass is 16.5. The molecule has 9 nitrogen and oxygen atoms in total. The van der Waals surface area contributed by atoms with Gasteiger partial charge in [0.1, 0.15) is 18.0 Å². The van der Waals surface area contributed by atoms with Gasteiger partial charge < -0.3 is 13.7 Å². The van der Waals surface area contributed by atoms with Gasteiger partial charge in [0.2, 0.25) is 11.8 Å². The molecule has 6 aromatic rings. The maximum absolute atomic E-state index is 5.90. The van der Waals surface area contributed by atoms with Crippen molar-refractivity contribution in [3.05, 3.63) is 91.0 Å². The quantitative estimate of drug-likeness (QED) is 0.353. The lowest BCUT2D eigenvalue weighted by Gasteiger charge is -2.10. The average Bonchev–Trinajstić information content (AvgIpc) is 3.65. The number of methoxy groups -OCH3 is 1. The summed E-state index contributed by atoms with van der Waals surface area (Å²) in [6.45, 7) is 2.26. The molecule has 0 atom stereocenters. The summed E-state index contributed by atoms with van der Waals surface area (Å²) in [5.41, 5.74) is 4.31. The summed E-state index contributed by atoms with van der Waals surface area (Å²) in [5.74, 6) is 1.64. The Morgan fingerprint density at radius 3 is 2.57 bits per heavy atom.